The smallest absolute Gasteiger partial charge is 0.234 e. The van der Waals surface area contributed by atoms with Gasteiger partial charge in [0.05, 0.1) is 6.54 Å². The van der Waals surface area contributed by atoms with Crippen molar-refractivity contribution in [2.24, 2.45) is 17.3 Å². The van der Waals surface area contributed by atoms with Gasteiger partial charge in [-0.1, -0.05) is 20.8 Å². The quantitative estimate of drug-likeness (QED) is 0.806. The number of likely N-dealkylation sites (N-methyl/N-ethyl adjacent to an activating group) is 1. The predicted molar refractivity (Wildman–Crippen MR) is 110 cm³/mol. The van der Waals surface area contributed by atoms with Gasteiger partial charge in [-0.2, -0.15) is 0 Å². The van der Waals surface area contributed by atoms with Gasteiger partial charge >= 0.3 is 0 Å². The normalized spacial score (nSPS) is 28.5. The number of rotatable bonds is 5. The third-order valence-electron chi connectivity index (χ3n) is 6.37. The maximum Gasteiger partial charge on any atom is 0.234 e. The molecule has 4 heteroatoms. The van der Waals surface area contributed by atoms with Gasteiger partial charge in [0.15, 0.2) is 0 Å². The molecular formula is C22H43N3O. The average molecular weight is 366 g/mol. The summed E-state index contributed by atoms with van der Waals surface area (Å²) >= 11 is 0. The highest BCUT2D eigenvalue weighted by Crippen LogP contribution is 2.40. The largest absolute Gasteiger partial charge is 0.350 e. The molecule has 2 fully saturated rings. The van der Waals surface area contributed by atoms with Crippen molar-refractivity contribution in [1.29, 1.82) is 0 Å². The monoisotopic (exact) mass is 365 g/mol. The van der Waals surface area contributed by atoms with Crippen LogP contribution in [0, 0.1) is 17.3 Å². The molecule has 1 atom stereocenters. The first-order valence-electron chi connectivity index (χ1n) is 10.7. The summed E-state index contributed by atoms with van der Waals surface area (Å²) in [6, 6.07) is 0.609. The zero-order valence-electron chi connectivity index (χ0n) is 18.4. The second kappa shape index (κ2) is 8.60. The molecule has 26 heavy (non-hydrogen) atoms. The van der Waals surface area contributed by atoms with Crippen LogP contribution in [-0.4, -0.2) is 60.5 Å². The van der Waals surface area contributed by atoms with Crippen LogP contribution in [0.1, 0.15) is 73.6 Å². The molecule has 1 N–H and O–H groups in total. The maximum absolute atomic E-state index is 12.2. The summed E-state index contributed by atoms with van der Waals surface area (Å²) in [6.07, 6.45) is 6.75. The van der Waals surface area contributed by atoms with Crippen LogP contribution in [0.15, 0.2) is 0 Å². The summed E-state index contributed by atoms with van der Waals surface area (Å²) in [7, 11) is 2.29. The van der Waals surface area contributed by atoms with Crippen molar-refractivity contribution in [2.75, 3.05) is 33.2 Å². The van der Waals surface area contributed by atoms with E-state index in [2.05, 4.69) is 42.9 Å². The first kappa shape index (κ1) is 21.7. The van der Waals surface area contributed by atoms with E-state index in [9.17, 15) is 4.79 Å². The number of nitrogens with zero attached hydrogens (tertiary/aromatic N) is 2. The number of carbonyl (C=O) groups is 1. The molecule has 2 aliphatic rings. The van der Waals surface area contributed by atoms with Crippen molar-refractivity contribution < 1.29 is 4.79 Å². The van der Waals surface area contributed by atoms with E-state index in [0.717, 1.165) is 24.9 Å². The Kier molecular flexibility index (Phi) is 7.17. The minimum atomic E-state index is -0.140. The Balaban J connectivity index is 1.71. The number of hydrogen-bond donors (Lipinski definition) is 1. The Labute approximate surface area is 162 Å². The lowest BCUT2D eigenvalue weighted by Crippen LogP contribution is -2.46. The van der Waals surface area contributed by atoms with Crippen molar-refractivity contribution in [3.63, 3.8) is 0 Å². The molecule has 1 unspecified atom stereocenters. The molecule has 4 nitrogen and oxygen atoms in total. The summed E-state index contributed by atoms with van der Waals surface area (Å²) in [5.74, 6) is 1.91. The van der Waals surface area contributed by atoms with Crippen molar-refractivity contribution in [3.05, 3.63) is 0 Å². The van der Waals surface area contributed by atoms with E-state index in [1.54, 1.807) is 0 Å². The van der Waals surface area contributed by atoms with Gasteiger partial charge in [0.2, 0.25) is 5.91 Å². The molecule has 0 aromatic heterocycles. The third-order valence-corrected chi connectivity index (χ3v) is 6.37. The summed E-state index contributed by atoms with van der Waals surface area (Å²) in [4.78, 5) is 17.0. The standard InChI is InChI=1S/C22H43N3O/c1-21(2,3)18-10-8-17(9-11-18)14-24(7)19-12-13-25(15-19)16-20(26)23-22(4,5)6/h17-19H,8-16H2,1-7H3,(H,23,26). The lowest BCUT2D eigenvalue weighted by atomic mass is 9.70. The molecule has 1 aliphatic heterocycles. The fourth-order valence-electron chi connectivity index (χ4n) is 4.74. The van der Waals surface area contributed by atoms with E-state index in [4.69, 9.17) is 0 Å². The number of amides is 1. The van der Waals surface area contributed by atoms with E-state index in [1.807, 2.05) is 20.8 Å². The van der Waals surface area contributed by atoms with Gasteiger partial charge in [0, 0.05) is 31.2 Å². The van der Waals surface area contributed by atoms with Gasteiger partial charge in [0.25, 0.3) is 0 Å². The molecule has 1 heterocycles. The second-order valence-electron chi connectivity index (χ2n) is 11.0. The average Bonchev–Trinajstić information content (AvgIpc) is 2.93. The summed E-state index contributed by atoms with van der Waals surface area (Å²) < 4.78 is 0. The van der Waals surface area contributed by atoms with Gasteiger partial charge in [-0.05, 0) is 77.2 Å². The van der Waals surface area contributed by atoms with Crippen LogP contribution in [0.4, 0.5) is 0 Å². The van der Waals surface area contributed by atoms with Gasteiger partial charge in [-0.15, -0.1) is 0 Å². The highest BCUT2D eigenvalue weighted by molar-refractivity contribution is 5.78. The maximum atomic E-state index is 12.2. The van der Waals surface area contributed by atoms with Crippen molar-refractivity contribution in [3.8, 4) is 0 Å². The molecule has 1 amide bonds. The van der Waals surface area contributed by atoms with Gasteiger partial charge in [-0.25, -0.2) is 0 Å². The van der Waals surface area contributed by atoms with Crippen LogP contribution in [-0.2, 0) is 4.79 Å². The van der Waals surface area contributed by atoms with Crippen LogP contribution >= 0.6 is 0 Å². The number of hydrogen-bond acceptors (Lipinski definition) is 3. The zero-order chi connectivity index (χ0) is 19.5. The van der Waals surface area contributed by atoms with Crippen molar-refractivity contribution >= 4 is 5.91 Å². The van der Waals surface area contributed by atoms with E-state index >= 15 is 0 Å². The zero-order valence-corrected chi connectivity index (χ0v) is 18.4. The summed E-state index contributed by atoms with van der Waals surface area (Å²) in [5.41, 5.74) is 0.329. The Morgan fingerprint density at radius 1 is 1.04 bits per heavy atom. The van der Waals surface area contributed by atoms with E-state index < -0.39 is 0 Å². The fourth-order valence-corrected chi connectivity index (χ4v) is 4.74. The van der Waals surface area contributed by atoms with Crippen LogP contribution in [0.5, 0.6) is 0 Å². The topological polar surface area (TPSA) is 35.6 Å². The first-order chi connectivity index (χ1) is 11.9. The third kappa shape index (κ3) is 6.84. The Bertz CT molecular complexity index is 455. The van der Waals surface area contributed by atoms with Gasteiger partial charge in [0.1, 0.15) is 0 Å². The van der Waals surface area contributed by atoms with Crippen LogP contribution in [0.2, 0.25) is 0 Å². The van der Waals surface area contributed by atoms with Crippen LogP contribution in [0.25, 0.3) is 0 Å². The predicted octanol–water partition coefficient (Wildman–Crippen LogP) is 3.76. The SMILES string of the molecule is CN(CC1CCC(C(C)(C)C)CC1)C1CCN(CC(=O)NC(C)(C)C)C1. The molecule has 0 spiro atoms. The van der Waals surface area contributed by atoms with Gasteiger partial charge in [-0.3, -0.25) is 9.69 Å². The van der Waals surface area contributed by atoms with Crippen molar-refractivity contribution in [2.45, 2.75) is 85.2 Å². The Hall–Kier alpha value is -0.610. The summed E-state index contributed by atoms with van der Waals surface area (Å²) in [6.45, 7) is 17.2. The molecule has 0 bridgehead atoms. The van der Waals surface area contributed by atoms with Crippen LogP contribution in [0.3, 0.4) is 0 Å². The molecule has 2 rings (SSSR count). The second-order valence-corrected chi connectivity index (χ2v) is 11.0. The van der Waals surface area contributed by atoms with E-state index in [0.29, 0.717) is 18.0 Å². The molecular weight excluding hydrogens is 322 g/mol. The first-order valence-corrected chi connectivity index (χ1v) is 10.7. The Morgan fingerprint density at radius 3 is 2.19 bits per heavy atom. The number of nitrogens with one attached hydrogen (secondary N) is 1. The number of carbonyl (C=O) groups excluding carboxylic acids is 1. The Morgan fingerprint density at radius 2 is 1.65 bits per heavy atom. The molecule has 0 aromatic carbocycles. The van der Waals surface area contributed by atoms with Gasteiger partial charge < -0.3 is 10.2 Å². The minimum absolute atomic E-state index is 0.140. The highest BCUT2D eigenvalue weighted by atomic mass is 16.2. The molecule has 1 aliphatic carbocycles. The molecule has 1 saturated carbocycles. The van der Waals surface area contributed by atoms with E-state index in [-0.39, 0.29) is 11.4 Å². The fraction of sp³-hybridized carbons (Fsp3) is 0.955. The molecule has 1 saturated heterocycles. The molecule has 0 radical (unpaired) electrons. The number of likely N-dealkylation sites (tertiary alicyclic amines) is 1. The molecule has 152 valence electrons. The van der Waals surface area contributed by atoms with Crippen molar-refractivity contribution in [1.82, 2.24) is 15.1 Å². The lowest BCUT2D eigenvalue weighted by Gasteiger charge is -2.38. The minimum Gasteiger partial charge on any atom is -0.350 e. The van der Waals surface area contributed by atoms with Crippen LogP contribution < -0.4 is 5.32 Å². The lowest BCUT2D eigenvalue weighted by molar-refractivity contribution is -0.123. The van der Waals surface area contributed by atoms with E-state index in [1.165, 1.54) is 38.6 Å². The summed E-state index contributed by atoms with van der Waals surface area (Å²) in [5, 5.41) is 3.08. The highest BCUT2D eigenvalue weighted by Gasteiger charge is 2.32. The molecule has 0 aromatic rings.